The molecule has 2 aromatic carbocycles. The van der Waals surface area contributed by atoms with Crippen LogP contribution in [-0.2, 0) is 9.84 Å². The van der Waals surface area contributed by atoms with Crippen molar-refractivity contribution in [1.82, 2.24) is 9.97 Å². The molecule has 0 atom stereocenters. The topological polar surface area (TPSA) is 59.9 Å². The molecule has 0 aliphatic rings. The van der Waals surface area contributed by atoms with E-state index in [-0.39, 0.29) is 9.79 Å². The summed E-state index contributed by atoms with van der Waals surface area (Å²) in [6, 6.07) is 21.3. The molecule has 27 heavy (non-hydrogen) atoms. The van der Waals surface area contributed by atoms with Crippen molar-refractivity contribution in [2.24, 2.45) is 0 Å². The Labute approximate surface area is 158 Å². The van der Waals surface area contributed by atoms with Gasteiger partial charge in [-0.2, -0.15) is 0 Å². The van der Waals surface area contributed by atoms with Gasteiger partial charge in [-0.1, -0.05) is 36.4 Å². The molecule has 2 aromatic heterocycles. The minimum Gasteiger partial charge on any atom is -0.264 e. The number of rotatable bonds is 4. The molecule has 132 valence electrons. The summed E-state index contributed by atoms with van der Waals surface area (Å²) in [6.07, 6.45) is 6.91. The molecular weight excluding hydrogens is 356 g/mol. The van der Waals surface area contributed by atoms with Gasteiger partial charge >= 0.3 is 0 Å². The quantitative estimate of drug-likeness (QED) is 0.523. The average molecular weight is 372 g/mol. The summed E-state index contributed by atoms with van der Waals surface area (Å²) in [6.45, 7) is 0. The highest BCUT2D eigenvalue weighted by Crippen LogP contribution is 2.26. The zero-order valence-corrected chi connectivity index (χ0v) is 15.2. The molecular formula is C22H16N2O2S. The van der Waals surface area contributed by atoms with Crippen LogP contribution in [0, 0.1) is 0 Å². The fourth-order valence-electron chi connectivity index (χ4n) is 2.86. The predicted octanol–water partition coefficient (Wildman–Crippen LogP) is 4.64. The molecule has 0 saturated carbocycles. The second-order valence-corrected chi connectivity index (χ2v) is 7.99. The van der Waals surface area contributed by atoms with Crippen molar-refractivity contribution in [2.45, 2.75) is 9.79 Å². The Bertz CT molecular complexity index is 1050. The summed E-state index contributed by atoms with van der Waals surface area (Å²) >= 11 is 0. The van der Waals surface area contributed by atoms with Gasteiger partial charge in [0.1, 0.15) is 0 Å². The van der Waals surface area contributed by atoms with Gasteiger partial charge in [0, 0.05) is 24.8 Å². The van der Waals surface area contributed by atoms with Gasteiger partial charge in [0.15, 0.2) is 0 Å². The van der Waals surface area contributed by atoms with Gasteiger partial charge in [0.2, 0.25) is 9.84 Å². The number of aromatic nitrogens is 2. The third kappa shape index (κ3) is 3.50. The SMILES string of the molecule is O=S(=O)(c1ccc(-c2cccnc2)cc1)c1ccc(-c2cccnc2)cc1. The smallest absolute Gasteiger partial charge is 0.206 e. The van der Waals surface area contributed by atoms with Crippen LogP contribution in [0.3, 0.4) is 0 Å². The number of nitrogens with zero attached hydrogens (tertiary/aromatic N) is 2. The van der Waals surface area contributed by atoms with E-state index in [0.29, 0.717) is 0 Å². The fourth-order valence-corrected chi connectivity index (χ4v) is 4.12. The first-order valence-corrected chi connectivity index (χ1v) is 9.89. The van der Waals surface area contributed by atoms with Crippen molar-refractivity contribution in [3.63, 3.8) is 0 Å². The Balaban J connectivity index is 1.63. The van der Waals surface area contributed by atoms with Crippen LogP contribution in [0.1, 0.15) is 0 Å². The highest BCUT2D eigenvalue weighted by Gasteiger charge is 2.17. The number of hydrogen-bond donors (Lipinski definition) is 0. The van der Waals surface area contributed by atoms with E-state index in [1.54, 1.807) is 73.3 Å². The molecule has 2 heterocycles. The van der Waals surface area contributed by atoms with Gasteiger partial charge in [0.25, 0.3) is 0 Å². The van der Waals surface area contributed by atoms with E-state index in [0.717, 1.165) is 22.3 Å². The van der Waals surface area contributed by atoms with Crippen molar-refractivity contribution in [2.75, 3.05) is 0 Å². The van der Waals surface area contributed by atoms with Gasteiger partial charge < -0.3 is 0 Å². The number of sulfone groups is 1. The highest BCUT2D eigenvalue weighted by atomic mass is 32.2. The van der Waals surface area contributed by atoms with Crippen LogP contribution in [0.25, 0.3) is 22.3 Å². The molecule has 0 spiro atoms. The molecule has 0 unspecified atom stereocenters. The van der Waals surface area contributed by atoms with E-state index in [4.69, 9.17) is 0 Å². The Morgan fingerprint density at radius 1 is 0.519 bits per heavy atom. The lowest BCUT2D eigenvalue weighted by molar-refractivity contribution is 0.596. The van der Waals surface area contributed by atoms with Gasteiger partial charge in [0.05, 0.1) is 9.79 Å². The summed E-state index contributed by atoms with van der Waals surface area (Å²) in [5, 5.41) is 0. The monoisotopic (exact) mass is 372 g/mol. The Kier molecular flexibility index (Phi) is 4.52. The molecule has 0 amide bonds. The molecule has 0 fully saturated rings. The zero-order valence-electron chi connectivity index (χ0n) is 14.4. The lowest BCUT2D eigenvalue weighted by Gasteiger charge is -2.08. The summed E-state index contributed by atoms with van der Waals surface area (Å²) in [5.74, 6) is 0. The summed E-state index contributed by atoms with van der Waals surface area (Å²) in [5.41, 5.74) is 3.74. The third-order valence-corrected chi connectivity index (χ3v) is 6.10. The molecule has 4 aromatic rings. The van der Waals surface area contributed by atoms with E-state index >= 15 is 0 Å². The lowest BCUT2D eigenvalue weighted by Crippen LogP contribution is -2.01. The van der Waals surface area contributed by atoms with Gasteiger partial charge in [-0.25, -0.2) is 8.42 Å². The molecule has 4 nitrogen and oxygen atoms in total. The van der Waals surface area contributed by atoms with Gasteiger partial charge in [-0.3, -0.25) is 9.97 Å². The van der Waals surface area contributed by atoms with Crippen molar-refractivity contribution in [3.05, 3.63) is 97.6 Å². The van der Waals surface area contributed by atoms with E-state index in [1.807, 2.05) is 24.3 Å². The lowest BCUT2D eigenvalue weighted by atomic mass is 10.1. The van der Waals surface area contributed by atoms with E-state index in [1.165, 1.54) is 0 Å². The van der Waals surface area contributed by atoms with Crippen LogP contribution in [0.15, 0.2) is 107 Å². The van der Waals surface area contributed by atoms with Crippen LogP contribution in [0.2, 0.25) is 0 Å². The fraction of sp³-hybridized carbons (Fsp3) is 0. The number of hydrogen-bond acceptors (Lipinski definition) is 4. The minimum absolute atomic E-state index is 0.268. The number of pyridine rings is 2. The molecule has 0 aliphatic carbocycles. The van der Waals surface area contributed by atoms with Crippen molar-refractivity contribution in [1.29, 1.82) is 0 Å². The van der Waals surface area contributed by atoms with Crippen molar-refractivity contribution in [3.8, 4) is 22.3 Å². The maximum Gasteiger partial charge on any atom is 0.206 e. The highest BCUT2D eigenvalue weighted by molar-refractivity contribution is 7.91. The van der Waals surface area contributed by atoms with Crippen LogP contribution in [-0.4, -0.2) is 18.4 Å². The average Bonchev–Trinajstić information content (AvgIpc) is 2.75. The number of benzene rings is 2. The second kappa shape index (κ2) is 7.13. The molecule has 5 heteroatoms. The summed E-state index contributed by atoms with van der Waals surface area (Å²) < 4.78 is 25.8. The standard InChI is InChI=1S/C22H16N2O2S/c25-27(26,21-9-5-17(6-10-21)19-3-1-13-23-15-19)22-11-7-18(8-12-22)20-4-2-14-24-16-20/h1-16H. The first-order chi connectivity index (χ1) is 13.1. The molecule has 0 radical (unpaired) electrons. The van der Waals surface area contributed by atoms with E-state index in [9.17, 15) is 8.42 Å². The normalized spacial score (nSPS) is 11.3. The Hall–Kier alpha value is -3.31. The Morgan fingerprint density at radius 3 is 1.26 bits per heavy atom. The first kappa shape index (κ1) is 17.1. The van der Waals surface area contributed by atoms with E-state index in [2.05, 4.69) is 9.97 Å². The third-order valence-electron chi connectivity index (χ3n) is 4.32. The largest absolute Gasteiger partial charge is 0.264 e. The molecule has 0 aliphatic heterocycles. The summed E-state index contributed by atoms with van der Waals surface area (Å²) in [7, 11) is -3.57. The van der Waals surface area contributed by atoms with Crippen LogP contribution >= 0.6 is 0 Å². The summed E-state index contributed by atoms with van der Waals surface area (Å²) in [4.78, 5) is 8.72. The molecule has 4 rings (SSSR count). The predicted molar refractivity (Wildman–Crippen MR) is 105 cm³/mol. The maximum atomic E-state index is 12.9. The minimum atomic E-state index is -3.57. The first-order valence-electron chi connectivity index (χ1n) is 8.41. The maximum absolute atomic E-state index is 12.9. The van der Waals surface area contributed by atoms with Gasteiger partial charge in [-0.15, -0.1) is 0 Å². The van der Waals surface area contributed by atoms with Crippen molar-refractivity contribution < 1.29 is 8.42 Å². The van der Waals surface area contributed by atoms with Crippen LogP contribution < -0.4 is 0 Å². The molecule has 0 N–H and O–H groups in total. The van der Waals surface area contributed by atoms with Crippen LogP contribution in [0.4, 0.5) is 0 Å². The Morgan fingerprint density at radius 2 is 0.926 bits per heavy atom. The van der Waals surface area contributed by atoms with Crippen molar-refractivity contribution >= 4 is 9.84 Å². The molecule has 0 saturated heterocycles. The second-order valence-electron chi connectivity index (χ2n) is 6.04. The zero-order chi connectivity index (χ0) is 18.7. The van der Waals surface area contributed by atoms with E-state index < -0.39 is 9.84 Å². The van der Waals surface area contributed by atoms with Crippen LogP contribution in [0.5, 0.6) is 0 Å². The molecule has 0 bridgehead atoms. The van der Waals surface area contributed by atoms with Gasteiger partial charge in [-0.05, 0) is 58.7 Å².